The monoisotopic (exact) mass is 204 g/mol. The molecule has 0 radical (unpaired) electrons. The number of hydrogen-bond acceptors (Lipinski definition) is 2. The molecule has 1 aromatic carbocycles. The Hall–Kier alpha value is -1.28. The summed E-state index contributed by atoms with van der Waals surface area (Å²) in [5, 5.41) is 0. The summed E-state index contributed by atoms with van der Waals surface area (Å²) in [6.45, 7) is 7.60. The van der Waals surface area contributed by atoms with Crippen molar-refractivity contribution in [3.63, 3.8) is 0 Å². The number of allylic oxidation sites excluding steroid dienone is 1. The van der Waals surface area contributed by atoms with Gasteiger partial charge >= 0.3 is 0 Å². The van der Waals surface area contributed by atoms with Crippen LogP contribution in [0.15, 0.2) is 30.8 Å². The fourth-order valence-corrected chi connectivity index (χ4v) is 1.34. The van der Waals surface area contributed by atoms with E-state index in [9.17, 15) is 0 Å². The SMILES string of the molecule is C=C(CC)c1ccc(OCC2CO2)cc1. The van der Waals surface area contributed by atoms with E-state index in [0.29, 0.717) is 12.7 Å². The van der Waals surface area contributed by atoms with E-state index >= 15 is 0 Å². The van der Waals surface area contributed by atoms with Crippen molar-refractivity contribution in [2.75, 3.05) is 13.2 Å². The molecular formula is C13H16O2. The molecule has 0 amide bonds. The molecule has 0 bridgehead atoms. The summed E-state index contributed by atoms with van der Waals surface area (Å²) < 4.78 is 10.6. The van der Waals surface area contributed by atoms with E-state index in [-0.39, 0.29) is 0 Å². The number of ether oxygens (including phenoxy) is 2. The summed E-state index contributed by atoms with van der Waals surface area (Å²) >= 11 is 0. The van der Waals surface area contributed by atoms with Gasteiger partial charge in [0.25, 0.3) is 0 Å². The molecule has 0 saturated carbocycles. The molecule has 2 heteroatoms. The van der Waals surface area contributed by atoms with Crippen molar-refractivity contribution < 1.29 is 9.47 Å². The van der Waals surface area contributed by atoms with Gasteiger partial charge in [0, 0.05) is 0 Å². The van der Waals surface area contributed by atoms with Gasteiger partial charge in [-0.15, -0.1) is 0 Å². The van der Waals surface area contributed by atoms with Crippen molar-refractivity contribution in [3.8, 4) is 5.75 Å². The van der Waals surface area contributed by atoms with Gasteiger partial charge in [-0.25, -0.2) is 0 Å². The minimum atomic E-state index is 0.315. The van der Waals surface area contributed by atoms with Gasteiger partial charge in [-0.3, -0.25) is 0 Å². The first-order valence-corrected chi connectivity index (χ1v) is 5.32. The van der Waals surface area contributed by atoms with E-state index in [2.05, 4.69) is 25.6 Å². The molecule has 1 aliphatic heterocycles. The van der Waals surface area contributed by atoms with E-state index in [0.717, 1.165) is 24.4 Å². The lowest BCUT2D eigenvalue weighted by atomic mass is 10.1. The largest absolute Gasteiger partial charge is 0.491 e. The highest BCUT2D eigenvalue weighted by Gasteiger charge is 2.22. The van der Waals surface area contributed by atoms with Crippen molar-refractivity contribution in [3.05, 3.63) is 36.4 Å². The summed E-state index contributed by atoms with van der Waals surface area (Å²) in [4.78, 5) is 0. The third-order valence-electron chi connectivity index (χ3n) is 2.53. The van der Waals surface area contributed by atoms with Crippen LogP contribution in [0.5, 0.6) is 5.75 Å². The van der Waals surface area contributed by atoms with Crippen LogP contribution < -0.4 is 4.74 Å². The van der Waals surface area contributed by atoms with Gasteiger partial charge in [-0.05, 0) is 29.7 Å². The summed E-state index contributed by atoms with van der Waals surface area (Å²) in [5.41, 5.74) is 2.35. The first-order chi connectivity index (χ1) is 7.29. The zero-order valence-corrected chi connectivity index (χ0v) is 9.03. The number of benzene rings is 1. The number of hydrogen-bond donors (Lipinski definition) is 0. The molecule has 2 rings (SSSR count). The fourth-order valence-electron chi connectivity index (χ4n) is 1.34. The third kappa shape index (κ3) is 2.83. The Morgan fingerprint density at radius 1 is 1.47 bits per heavy atom. The predicted molar refractivity (Wildman–Crippen MR) is 61.0 cm³/mol. The summed E-state index contributed by atoms with van der Waals surface area (Å²) in [7, 11) is 0. The molecule has 1 aromatic rings. The molecular weight excluding hydrogens is 188 g/mol. The Morgan fingerprint density at radius 3 is 2.67 bits per heavy atom. The average Bonchev–Trinajstić information content (AvgIpc) is 3.10. The summed E-state index contributed by atoms with van der Waals surface area (Å²) in [5.74, 6) is 0.901. The van der Waals surface area contributed by atoms with Gasteiger partial charge < -0.3 is 9.47 Å². The van der Waals surface area contributed by atoms with Gasteiger partial charge in [-0.2, -0.15) is 0 Å². The zero-order valence-electron chi connectivity index (χ0n) is 9.03. The lowest BCUT2D eigenvalue weighted by Crippen LogP contribution is -2.03. The Bertz CT molecular complexity index is 336. The van der Waals surface area contributed by atoms with E-state index in [4.69, 9.17) is 9.47 Å². The van der Waals surface area contributed by atoms with E-state index in [1.807, 2.05) is 12.1 Å². The molecule has 0 N–H and O–H groups in total. The standard InChI is InChI=1S/C13H16O2/c1-3-10(2)11-4-6-12(7-5-11)14-8-13-9-15-13/h4-7,13H,2-3,8-9H2,1H3. The molecule has 80 valence electrons. The maximum atomic E-state index is 5.54. The highest BCUT2D eigenvalue weighted by Crippen LogP contribution is 2.20. The third-order valence-corrected chi connectivity index (χ3v) is 2.53. The van der Waals surface area contributed by atoms with Crippen molar-refractivity contribution in [1.29, 1.82) is 0 Å². The molecule has 1 fully saturated rings. The van der Waals surface area contributed by atoms with Crippen LogP contribution in [0.25, 0.3) is 5.57 Å². The molecule has 15 heavy (non-hydrogen) atoms. The Morgan fingerprint density at radius 2 is 2.13 bits per heavy atom. The maximum Gasteiger partial charge on any atom is 0.119 e. The van der Waals surface area contributed by atoms with Crippen LogP contribution in [0.2, 0.25) is 0 Å². The van der Waals surface area contributed by atoms with E-state index in [1.54, 1.807) is 0 Å². The van der Waals surface area contributed by atoms with Gasteiger partial charge in [0.1, 0.15) is 18.5 Å². The molecule has 1 aliphatic rings. The van der Waals surface area contributed by atoms with Crippen LogP contribution in [0, 0.1) is 0 Å². The molecule has 0 aromatic heterocycles. The van der Waals surface area contributed by atoms with Crippen LogP contribution in [-0.2, 0) is 4.74 Å². The molecule has 0 aliphatic carbocycles. The first kappa shape index (κ1) is 10.2. The van der Waals surface area contributed by atoms with Crippen LogP contribution >= 0.6 is 0 Å². The predicted octanol–water partition coefficient (Wildman–Crippen LogP) is 2.89. The molecule has 1 unspecified atom stereocenters. The highest BCUT2D eigenvalue weighted by atomic mass is 16.6. The van der Waals surface area contributed by atoms with Crippen LogP contribution in [-0.4, -0.2) is 19.3 Å². The first-order valence-electron chi connectivity index (χ1n) is 5.32. The Kier molecular flexibility index (Phi) is 3.07. The lowest BCUT2D eigenvalue weighted by Gasteiger charge is -2.06. The smallest absolute Gasteiger partial charge is 0.119 e. The quantitative estimate of drug-likeness (QED) is 0.688. The molecule has 1 saturated heterocycles. The topological polar surface area (TPSA) is 21.8 Å². The lowest BCUT2D eigenvalue weighted by molar-refractivity contribution is 0.263. The average molecular weight is 204 g/mol. The van der Waals surface area contributed by atoms with Crippen molar-refractivity contribution in [2.45, 2.75) is 19.4 Å². The van der Waals surface area contributed by atoms with Crippen LogP contribution in [0.4, 0.5) is 0 Å². The number of rotatable bonds is 5. The van der Waals surface area contributed by atoms with E-state index < -0.39 is 0 Å². The van der Waals surface area contributed by atoms with Gasteiger partial charge in [0.05, 0.1) is 6.61 Å². The Balaban J connectivity index is 1.93. The second-order valence-electron chi connectivity index (χ2n) is 3.75. The molecule has 1 atom stereocenters. The van der Waals surface area contributed by atoms with Crippen LogP contribution in [0.3, 0.4) is 0 Å². The number of epoxide rings is 1. The normalized spacial score (nSPS) is 18.6. The summed E-state index contributed by atoms with van der Waals surface area (Å²) in [6, 6.07) is 8.07. The van der Waals surface area contributed by atoms with Gasteiger partial charge in [0.15, 0.2) is 0 Å². The van der Waals surface area contributed by atoms with Crippen LogP contribution in [0.1, 0.15) is 18.9 Å². The second-order valence-corrected chi connectivity index (χ2v) is 3.75. The molecule has 2 nitrogen and oxygen atoms in total. The minimum absolute atomic E-state index is 0.315. The zero-order chi connectivity index (χ0) is 10.7. The van der Waals surface area contributed by atoms with Crippen molar-refractivity contribution >= 4 is 5.57 Å². The van der Waals surface area contributed by atoms with E-state index in [1.165, 1.54) is 5.56 Å². The minimum Gasteiger partial charge on any atom is -0.491 e. The fraction of sp³-hybridized carbons (Fsp3) is 0.385. The highest BCUT2D eigenvalue weighted by molar-refractivity contribution is 5.63. The molecule has 1 heterocycles. The maximum absolute atomic E-state index is 5.54. The van der Waals surface area contributed by atoms with Gasteiger partial charge in [0.2, 0.25) is 0 Å². The Labute approximate surface area is 90.5 Å². The van der Waals surface area contributed by atoms with Crippen molar-refractivity contribution in [2.24, 2.45) is 0 Å². The van der Waals surface area contributed by atoms with Gasteiger partial charge in [-0.1, -0.05) is 25.6 Å². The summed E-state index contributed by atoms with van der Waals surface area (Å²) in [6.07, 6.45) is 1.30. The second kappa shape index (κ2) is 4.49. The molecule has 0 spiro atoms. The van der Waals surface area contributed by atoms with Crippen molar-refractivity contribution in [1.82, 2.24) is 0 Å².